The second-order valence-electron chi connectivity index (χ2n) is 12.7. The van der Waals surface area contributed by atoms with Crippen molar-refractivity contribution < 1.29 is 9.53 Å². The summed E-state index contributed by atoms with van der Waals surface area (Å²) in [4.78, 5) is 28.6. The molecule has 6 rings (SSSR count). The number of aryl methyl sites for hydroxylation is 1. The Kier molecular flexibility index (Phi) is 9.12. The molecule has 2 unspecified atom stereocenters. The van der Waals surface area contributed by atoms with Crippen molar-refractivity contribution in [2.75, 3.05) is 76.3 Å². The summed E-state index contributed by atoms with van der Waals surface area (Å²) >= 11 is 0. The summed E-state index contributed by atoms with van der Waals surface area (Å²) in [6, 6.07) is 17.4. The van der Waals surface area contributed by atoms with Gasteiger partial charge in [0.25, 0.3) is 0 Å². The SMILES string of the molecule is C=CC(=O)N1CCN(c2c(C#N)c(OCC3CN(C)CCN3C)nc3c2CCN(c2cccc4cccc(C)c24)C3)CC1CC#N. The molecule has 10 nitrogen and oxygen atoms in total. The summed E-state index contributed by atoms with van der Waals surface area (Å²) in [5.74, 6) is 0.180. The van der Waals surface area contributed by atoms with E-state index in [2.05, 4.69) is 95.7 Å². The van der Waals surface area contributed by atoms with Gasteiger partial charge in [-0.25, -0.2) is 4.98 Å². The molecule has 10 heteroatoms. The Morgan fingerprint density at radius 3 is 2.61 bits per heavy atom. The molecule has 0 radical (unpaired) electrons. The van der Waals surface area contributed by atoms with E-state index in [4.69, 9.17) is 9.72 Å². The fraction of sp³-hybridized carbons (Fsp3) is 0.444. The number of pyridine rings is 1. The van der Waals surface area contributed by atoms with E-state index < -0.39 is 0 Å². The summed E-state index contributed by atoms with van der Waals surface area (Å²) in [5, 5.41) is 22.7. The summed E-state index contributed by atoms with van der Waals surface area (Å²) in [7, 11) is 4.23. The Morgan fingerprint density at radius 2 is 1.85 bits per heavy atom. The monoisotopic (exact) mass is 618 g/mol. The average Bonchev–Trinajstić information content (AvgIpc) is 3.07. The highest BCUT2D eigenvalue weighted by atomic mass is 16.5. The van der Waals surface area contributed by atoms with E-state index in [1.807, 2.05) is 0 Å². The van der Waals surface area contributed by atoms with Crippen molar-refractivity contribution in [3.63, 3.8) is 0 Å². The molecular weight excluding hydrogens is 576 g/mol. The fourth-order valence-electron chi connectivity index (χ4n) is 7.27. The lowest BCUT2D eigenvalue weighted by atomic mass is 9.95. The van der Waals surface area contributed by atoms with Crippen LogP contribution in [0.5, 0.6) is 5.88 Å². The van der Waals surface area contributed by atoms with E-state index in [1.54, 1.807) is 4.90 Å². The first-order valence-corrected chi connectivity index (χ1v) is 16.1. The van der Waals surface area contributed by atoms with E-state index >= 15 is 0 Å². The van der Waals surface area contributed by atoms with Gasteiger partial charge in [-0.1, -0.05) is 36.9 Å². The van der Waals surface area contributed by atoms with Crippen molar-refractivity contribution in [2.24, 2.45) is 0 Å². The van der Waals surface area contributed by atoms with Crippen LogP contribution >= 0.6 is 0 Å². The number of hydrogen-bond acceptors (Lipinski definition) is 9. The predicted molar refractivity (Wildman–Crippen MR) is 180 cm³/mol. The maximum Gasteiger partial charge on any atom is 0.246 e. The van der Waals surface area contributed by atoms with Crippen LogP contribution in [0.25, 0.3) is 10.8 Å². The number of carbonyl (C=O) groups excluding carboxylic acids is 1. The van der Waals surface area contributed by atoms with Crippen LogP contribution in [-0.4, -0.2) is 104 Å². The van der Waals surface area contributed by atoms with Gasteiger partial charge in [-0.3, -0.25) is 9.69 Å². The van der Waals surface area contributed by atoms with Gasteiger partial charge in [0, 0.05) is 62.5 Å². The van der Waals surface area contributed by atoms with Gasteiger partial charge >= 0.3 is 0 Å². The molecule has 2 saturated heterocycles. The van der Waals surface area contributed by atoms with Gasteiger partial charge in [0.15, 0.2) is 0 Å². The molecule has 46 heavy (non-hydrogen) atoms. The Labute approximate surface area is 271 Å². The molecule has 0 aliphatic carbocycles. The number of likely N-dealkylation sites (N-methyl/N-ethyl adjacent to an activating group) is 2. The number of amides is 1. The van der Waals surface area contributed by atoms with Gasteiger partial charge in [-0.05, 0) is 50.5 Å². The van der Waals surface area contributed by atoms with E-state index in [-0.39, 0.29) is 24.4 Å². The van der Waals surface area contributed by atoms with Crippen LogP contribution in [0.1, 0.15) is 28.8 Å². The third-order valence-electron chi connectivity index (χ3n) is 9.81. The number of aromatic nitrogens is 1. The standard InChI is InChI=1S/C36H42N8O2/c1-5-33(45)44-19-18-43(22-27(44)12-14-37)35-29-13-15-42(32-11-7-10-26-9-6-8-25(2)34(26)32)23-31(29)39-36(30(35)20-38)46-24-28-21-40(3)16-17-41(28)4/h5-11,27-28H,1,12-13,15-19,21-24H2,2-4H3. The highest BCUT2D eigenvalue weighted by Gasteiger charge is 2.35. The molecule has 1 aromatic heterocycles. The first-order chi connectivity index (χ1) is 22.3. The van der Waals surface area contributed by atoms with Gasteiger partial charge in [0.2, 0.25) is 11.8 Å². The first kappa shape index (κ1) is 31.3. The lowest BCUT2D eigenvalue weighted by Crippen LogP contribution is -2.55. The number of benzene rings is 2. The smallest absolute Gasteiger partial charge is 0.246 e. The summed E-state index contributed by atoms with van der Waals surface area (Å²) < 4.78 is 6.49. The van der Waals surface area contributed by atoms with Crippen LogP contribution in [0.2, 0.25) is 0 Å². The highest BCUT2D eigenvalue weighted by molar-refractivity contribution is 5.97. The van der Waals surface area contributed by atoms with Crippen LogP contribution in [0.3, 0.4) is 0 Å². The van der Waals surface area contributed by atoms with Crippen LogP contribution in [0.4, 0.5) is 11.4 Å². The van der Waals surface area contributed by atoms with E-state index in [0.717, 1.165) is 43.1 Å². The average molecular weight is 619 g/mol. The molecule has 2 aromatic carbocycles. The largest absolute Gasteiger partial charge is 0.475 e. The molecule has 3 aliphatic rings. The Hall–Kier alpha value is -4.64. The Balaban J connectivity index is 1.40. The third kappa shape index (κ3) is 5.99. The fourth-order valence-corrected chi connectivity index (χ4v) is 7.27. The number of ether oxygens (including phenoxy) is 1. The number of nitrogens with zero attached hydrogens (tertiary/aromatic N) is 8. The molecule has 0 N–H and O–H groups in total. The third-order valence-corrected chi connectivity index (χ3v) is 9.81. The zero-order valence-corrected chi connectivity index (χ0v) is 27.1. The number of carbonyl (C=O) groups is 1. The second kappa shape index (κ2) is 13.4. The van der Waals surface area contributed by atoms with Gasteiger partial charge in [-0.2, -0.15) is 10.5 Å². The van der Waals surface area contributed by atoms with Gasteiger partial charge in [-0.15, -0.1) is 0 Å². The highest BCUT2D eigenvalue weighted by Crippen LogP contribution is 2.40. The van der Waals surface area contributed by atoms with E-state index in [9.17, 15) is 15.3 Å². The predicted octanol–water partition coefficient (Wildman–Crippen LogP) is 3.72. The van der Waals surface area contributed by atoms with E-state index in [0.29, 0.717) is 50.7 Å². The number of hydrogen-bond donors (Lipinski definition) is 0. The lowest BCUT2D eigenvalue weighted by molar-refractivity contribution is -0.128. The van der Waals surface area contributed by atoms with Crippen LogP contribution in [0, 0.1) is 29.6 Å². The van der Waals surface area contributed by atoms with Gasteiger partial charge in [0.05, 0.1) is 42.5 Å². The maximum atomic E-state index is 12.7. The zero-order chi connectivity index (χ0) is 32.4. The topological polar surface area (TPSA) is 103 Å². The lowest BCUT2D eigenvalue weighted by Gasteiger charge is -2.43. The minimum absolute atomic E-state index is 0.176. The number of nitriles is 2. The molecule has 238 valence electrons. The van der Waals surface area contributed by atoms with E-state index in [1.165, 1.54) is 28.1 Å². The summed E-state index contributed by atoms with van der Waals surface area (Å²) in [6.07, 6.45) is 2.22. The molecule has 1 amide bonds. The first-order valence-electron chi connectivity index (χ1n) is 16.1. The number of fused-ring (bicyclic) bond motifs is 2. The van der Waals surface area contributed by atoms with Crippen molar-refractivity contribution in [2.45, 2.75) is 38.4 Å². The van der Waals surface area contributed by atoms with Crippen molar-refractivity contribution in [1.29, 1.82) is 10.5 Å². The normalized spacial score (nSPS) is 20.6. The summed E-state index contributed by atoms with van der Waals surface area (Å²) in [6.45, 7) is 11.8. The zero-order valence-electron chi connectivity index (χ0n) is 27.1. The number of anilines is 2. The van der Waals surface area contributed by atoms with Gasteiger partial charge in [0.1, 0.15) is 18.2 Å². The minimum Gasteiger partial charge on any atom is -0.475 e. The Bertz CT molecular complexity index is 1720. The molecule has 2 fully saturated rings. The minimum atomic E-state index is -0.311. The van der Waals surface area contributed by atoms with Crippen LogP contribution in [0.15, 0.2) is 49.1 Å². The quantitative estimate of drug-likeness (QED) is 0.367. The molecule has 0 spiro atoms. The van der Waals surface area contributed by atoms with Gasteiger partial charge < -0.3 is 24.3 Å². The summed E-state index contributed by atoms with van der Waals surface area (Å²) in [5.41, 5.74) is 5.61. The molecule has 3 aromatic rings. The molecule has 0 bridgehead atoms. The van der Waals surface area contributed by atoms with Crippen molar-refractivity contribution in [1.82, 2.24) is 19.7 Å². The molecular formula is C36H42N8O2. The van der Waals surface area contributed by atoms with Crippen molar-refractivity contribution in [3.8, 4) is 18.0 Å². The number of piperazine rings is 2. The number of rotatable bonds is 7. The molecule has 2 atom stereocenters. The Morgan fingerprint density at radius 1 is 1.04 bits per heavy atom. The van der Waals surface area contributed by atoms with Crippen molar-refractivity contribution in [3.05, 3.63) is 71.4 Å². The van der Waals surface area contributed by atoms with Crippen molar-refractivity contribution >= 4 is 28.1 Å². The molecule has 3 aliphatic heterocycles. The molecule has 0 saturated carbocycles. The second-order valence-corrected chi connectivity index (χ2v) is 12.7. The molecule has 4 heterocycles. The van der Waals surface area contributed by atoms with Crippen LogP contribution in [-0.2, 0) is 17.8 Å². The van der Waals surface area contributed by atoms with Crippen LogP contribution < -0.4 is 14.5 Å². The maximum absolute atomic E-state index is 12.7.